The molecule has 0 radical (unpaired) electrons. The number of hydrogen-bond acceptors (Lipinski definition) is 16. The van der Waals surface area contributed by atoms with Crippen LogP contribution in [0.3, 0.4) is 0 Å². The number of likely N-dealkylation sites (N-methyl/N-ethyl adjacent to an activating group) is 1. The van der Waals surface area contributed by atoms with Gasteiger partial charge in [-0.05, 0) is 64.9 Å². The van der Waals surface area contributed by atoms with Crippen LogP contribution in [0, 0.1) is 34.5 Å². The third-order valence-corrected chi connectivity index (χ3v) is 14.5. The zero-order valence-corrected chi connectivity index (χ0v) is 44.0. The SMILES string of the molecule is COCC(C(O)C(O)C(=O)NCCC(C)c1nc(/C=C\CC2OC3(CC(O)C2C)OC(C(CC(O)C(C)C(O)C(C)\C=C(C)/C(C)=C/C=C/C(C)=C\C#N)OC)C(OP(=O)(O)O)C3(C)C)co1)N(C)C. The Morgan fingerprint density at radius 3 is 2.36 bits per heavy atom. The summed E-state index contributed by atoms with van der Waals surface area (Å²) in [5.41, 5.74) is 1.87. The van der Waals surface area contributed by atoms with Gasteiger partial charge >= 0.3 is 7.82 Å². The molecule has 1 amide bonds. The molecule has 1 aromatic rings. The van der Waals surface area contributed by atoms with Crippen LogP contribution in [0.1, 0.15) is 105 Å². The number of ether oxygens (including phenoxy) is 4. The molecule has 0 saturated carbocycles. The number of rotatable bonds is 26. The summed E-state index contributed by atoms with van der Waals surface area (Å²) in [7, 11) is 1.12. The number of phosphoric acid groups is 1. The van der Waals surface area contributed by atoms with E-state index in [1.807, 2.05) is 78.0 Å². The Morgan fingerprint density at radius 2 is 1.76 bits per heavy atom. The van der Waals surface area contributed by atoms with E-state index in [2.05, 4.69) is 10.3 Å². The van der Waals surface area contributed by atoms with Gasteiger partial charge < -0.3 is 68.9 Å². The first kappa shape index (κ1) is 60.9. The molecule has 70 heavy (non-hydrogen) atoms. The first-order valence-corrected chi connectivity index (χ1v) is 25.4. The van der Waals surface area contributed by atoms with Gasteiger partial charge in [-0.3, -0.25) is 9.32 Å². The lowest BCUT2D eigenvalue weighted by atomic mass is 9.72. The molecular weight excluding hydrogens is 928 g/mol. The van der Waals surface area contributed by atoms with E-state index in [0.717, 1.165) is 16.7 Å². The number of phosphoric ester groups is 1. The van der Waals surface area contributed by atoms with Crippen molar-refractivity contribution in [2.24, 2.45) is 23.2 Å². The molecule has 0 aliphatic carbocycles. The van der Waals surface area contributed by atoms with E-state index in [-0.39, 0.29) is 44.2 Å². The number of carbonyl (C=O) groups excluding carboxylic acids is 1. The number of allylic oxidation sites excluding steroid dienone is 7. The zero-order chi connectivity index (χ0) is 52.9. The highest BCUT2D eigenvalue weighted by molar-refractivity contribution is 7.46. The predicted molar refractivity (Wildman–Crippen MR) is 262 cm³/mol. The first-order chi connectivity index (χ1) is 32.6. The van der Waals surface area contributed by atoms with Crippen molar-refractivity contribution >= 4 is 19.8 Å². The summed E-state index contributed by atoms with van der Waals surface area (Å²) >= 11 is 0. The van der Waals surface area contributed by atoms with Crippen molar-refractivity contribution < 1.29 is 72.6 Å². The number of hydrogen-bond donors (Lipinski definition) is 8. The molecule has 1 spiro atoms. The van der Waals surface area contributed by atoms with E-state index < -0.39 is 97.7 Å². The summed E-state index contributed by atoms with van der Waals surface area (Å²) in [5, 5.41) is 67.1. The molecule has 2 aliphatic heterocycles. The lowest BCUT2D eigenvalue weighted by Crippen LogP contribution is -2.58. The van der Waals surface area contributed by atoms with Gasteiger partial charge in [0.05, 0.1) is 49.2 Å². The van der Waals surface area contributed by atoms with Crippen molar-refractivity contribution in [2.45, 2.75) is 161 Å². The first-order valence-electron chi connectivity index (χ1n) is 23.8. The average Bonchev–Trinajstić information content (AvgIpc) is 3.84. The topological polar surface area (TPSA) is 287 Å². The van der Waals surface area contributed by atoms with E-state index in [0.29, 0.717) is 18.0 Å². The van der Waals surface area contributed by atoms with Gasteiger partial charge in [0.2, 0.25) is 0 Å². The minimum Gasteiger partial charge on any atom is -0.448 e. The molecule has 2 saturated heterocycles. The van der Waals surface area contributed by atoms with Gasteiger partial charge in [0, 0.05) is 68.8 Å². The van der Waals surface area contributed by atoms with Crippen LogP contribution in [0.15, 0.2) is 63.9 Å². The van der Waals surface area contributed by atoms with Crippen LogP contribution < -0.4 is 5.32 Å². The minimum atomic E-state index is -5.15. The number of amides is 1. The smallest absolute Gasteiger partial charge is 0.448 e. The van der Waals surface area contributed by atoms with E-state index in [1.165, 1.54) is 26.6 Å². The van der Waals surface area contributed by atoms with E-state index in [1.54, 1.807) is 45.8 Å². The third kappa shape index (κ3) is 16.3. The Morgan fingerprint density at radius 1 is 1.09 bits per heavy atom. The lowest BCUT2D eigenvalue weighted by Gasteiger charge is -2.50. The largest absolute Gasteiger partial charge is 0.469 e. The molecule has 20 heteroatoms. The molecule has 396 valence electrons. The summed E-state index contributed by atoms with van der Waals surface area (Å²) < 4.78 is 48.2. The van der Waals surface area contributed by atoms with Crippen molar-refractivity contribution in [1.82, 2.24) is 15.2 Å². The molecule has 3 heterocycles. The Balaban J connectivity index is 1.74. The average molecular weight is 1010 g/mol. The van der Waals surface area contributed by atoms with Crippen LogP contribution in [-0.2, 0) is 32.8 Å². The standard InChI is InChI=1S/C50H81N4O15P/c1-29(20-22-51)16-14-17-30(2)32(4)24-33(5)42(57)35(7)38(55)25-41(65-13)45-46(69-70(61,62)63)49(8,9)50(68-45)26-39(56)34(6)40(67-50)19-15-18-36-27-66-48(53-36)31(3)21-23-52-47(60)44(59)43(58)37(28-64-12)54(10)11/h14-18,20,24,27,31,33-35,37-46,55-59H,19,21,23,25-26,28H2,1-13H3,(H,52,60)(H2,61,62,63)/b16-14+,18-15-,29-20-,30-17+,32-24-. The van der Waals surface area contributed by atoms with E-state index >= 15 is 0 Å². The molecule has 0 aromatic carbocycles. The lowest BCUT2D eigenvalue weighted by molar-refractivity contribution is -0.334. The number of nitriles is 1. The number of aromatic nitrogens is 1. The van der Waals surface area contributed by atoms with E-state index in [9.17, 15) is 44.7 Å². The predicted octanol–water partition coefficient (Wildman–Crippen LogP) is 4.69. The monoisotopic (exact) mass is 1010 g/mol. The van der Waals surface area contributed by atoms with Gasteiger partial charge in [0.25, 0.3) is 5.91 Å². The fourth-order valence-electron chi connectivity index (χ4n) is 8.96. The van der Waals surface area contributed by atoms with Gasteiger partial charge in [-0.2, -0.15) is 5.26 Å². The summed E-state index contributed by atoms with van der Waals surface area (Å²) in [5.74, 6) is -3.63. The molecule has 15 unspecified atom stereocenters. The van der Waals surface area contributed by atoms with Gasteiger partial charge in [-0.25, -0.2) is 9.55 Å². The maximum Gasteiger partial charge on any atom is 0.469 e. The number of aliphatic hydroxyl groups excluding tert-OH is 5. The minimum absolute atomic E-state index is 0.0645. The Labute approximate surface area is 414 Å². The van der Waals surface area contributed by atoms with Crippen LogP contribution in [0.25, 0.3) is 6.08 Å². The summed E-state index contributed by atoms with van der Waals surface area (Å²) in [6, 6.07) is 1.40. The molecule has 1 aromatic heterocycles. The second kappa shape index (κ2) is 27.0. The number of aliphatic hydroxyl groups is 5. The van der Waals surface area contributed by atoms with E-state index in [4.69, 9.17) is 33.2 Å². The van der Waals surface area contributed by atoms with Crippen LogP contribution in [0.5, 0.6) is 0 Å². The molecular formula is C50H81N4O15P. The fraction of sp³-hybridized carbons (Fsp3) is 0.700. The van der Waals surface area contributed by atoms with Crippen LogP contribution in [0.2, 0.25) is 0 Å². The summed E-state index contributed by atoms with van der Waals surface area (Å²) in [6.07, 6.45) is 4.10. The maximum atomic E-state index is 12.6. The van der Waals surface area contributed by atoms with Gasteiger partial charge in [0.1, 0.15) is 30.3 Å². The van der Waals surface area contributed by atoms with Crippen molar-refractivity contribution in [1.29, 1.82) is 5.26 Å². The Bertz CT molecular complexity index is 2080. The second-order valence-electron chi connectivity index (χ2n) is 19.9. The number of oxazole rings is 1. The van der Waals surface area contributed by atoms with Crippen molar-refractivity contribution in [3.63, 3.8) is 0 Å². The van der Waals surface area contributed by atoms with Crippen LogP contribution >= 0.6 is 7.82 Å². The summed E-state index contributed by atoms with van der Waals surface area (Å²) in [4.78, 5) is 39.2. The fourth-order valence-corrected chi connectivity index (χ4v) is 9.64. The molecule has 3 rings (SSSR count). The van der Waals surface area contributed by atoms with Crippen molar-refractivity contribution in [3.05, 3.63) is 71.0 Å². The molecule has 2 fully saturated rings. The Kier molecular flexibility index (Phi) is 23.5. The van der Waals surface area contributed by atoms with Gasteiger partial charge in [0.15, 0.2) is 17.8 Å². The molecule has 15 atom stereocenters. The number of nitrogens with zero attached hydrogens (tertiary/aromatic N) is 3. The third-order valence-electron chi connectivity index (χ3n) is 14.0. The van der Waals surface area contributed by atoms with Crippen molar-refractivity contribution in [2.75, 3.05) is 41.5 Å². The number of methoxy groups -OCH3 is 2. The summed E-state index contributed by atoms with van der Waals surface area (Å²) in [6.45, 7) is 16.6. The maximum absolute atomic E-state index is 12.6. The highest BCUT2D eigenvalue weighted by atomic mass is 31.2. The highest BCUT2D eigenvalue weighted by Crippen LogP contribution is 2.59. The normalized spacial score (nSPS) is 27.6. The molecule has 2 aliphatic rings. The Hall–Kier alpha value is -3.42. The number of carbonyl (C=O) groups is 1. The second-order valence-corrected chi connectivity index (χ2v) is 21.1. The van der Waals surface area contributed by atoms with Crippen molar-refractivity contribution in [3.8, 4) is 6.07 Å². The van der Waals surface area contributed by atoms with Gasteiger partial charge in [-0.15, -0.1) is 0 Å². The molecule has 0 bridgehead atoms. The highest BCUT2D eigenvalue weighted by Gasteiger charge is 2.68. The molecule has 8 N–H and O–H groups in total. The number of nitrogens with one attached hydrogen (secondary N) is 1. The van der Waals surface area contributed by atoms with Crippen LogP contribution in [0.4, 0.5) is 0 Å². The quantitative estimate of drug-likeness (QED) is 0.0355. The zero-order valence-electron chi connectivity index (χ0n) is 43.1. The van der Waals surface area contributed by atoms with Gasteiger partial charge in [-0.1, -0.05) is 77.5 Å². The molecule has 19 nitrogen and oxygen atoms in total. The van der Waals surface area contributed by atoms with Crippen LogP contribution in [-0.4, -0.2) is 159 Å².